The second-order valence-corrected chi connectivity index (χ2v) is 5.01. The Morgan fingerprint density at radius 3 is 2.65 bits per heavy atom. The lowest BCUT2D eigenvalue weighted by Crippen LogP contribution is -2.26. The highest BCUT2D eigenvalue weighted by Gasteiger charge is 2.38. The van der Waals surface area contributed by atoms with Gasteiger partial charge in [-0.25, -0.2) is 4.99 Å². The van der Waals surface area contributed by atoms with Crippen molar-refractivity contribution >= 4 is 23.5 Å². The number of amides is 1. The summed E-state index contributed by atoms with van der Waals surface area (Å²) in [6.45, 7) is 0.643. The fraction of sp³-hybridized carbons (Fsp3) is 0.308. The second kappa shape index (κ2) is 4.52. The number of nitrogens with two attached hydrogens (primary N) is 3. The second-order valence-electron chi connectivity index (χ2n) is 5.01. The molecule has 1 aliphatic heterocycles. The molecule has 2 aliphatic rings. The third kappa shape index (κ3) is 2.29. The number of nitrogens with zero attached hydrogens (tertiary/aromatic N) is 3. The van der Waals surface area contributed by atoms with Crippen molar-refractivity contribution < 1.29 is 4.79 Å². The number of benzene rings is 1. The van der Waals surface area contributed by atoms with Crippen molar-refractivity contribution in [3.63, 3.8) is 0 Å². The third-order valence-corrected chi connectivity index (χ3v) is 3.40. The standard InChI is InChI=1S/C13H16N6O/c14-12(15)18-13(16)17-8-1-4-10-7(5-8)6-19(11(10)20)9-2-3-9/h1,4-5,9H,2-3,6H2,(H6,14,15,16,17,18). The van der Waals surface area contributed by atoms with Gasteiger partial charge in [0.05, 0.1) is 5.69 Å². The average molecular weight is 272 g/mol. The summed E-state index contributed by atoms with van der Waals surface area (Å²) in [5.41, 5.74) is 18.4. The van der Waals surface area contributed by atoms with Crippen molar-refractivity contribution in [1.82, 2.24) is 4.90 Å². The Balaban J connectivity index is 1.86. The number of guanidine groups is 2. The molecule has 104 valence electrons. The van der Waals surface area contributed by atoms with E-state index in [9.17, 15) is 4.79 Å². The van der Waals surface area contributed by atoms with E-state index in [1.54, 1.807) is 12.1 Å². The molecule has 0 unspecified atom stereocenters. The molecule has 0 spiro atoms. The van der Waals surface area contributed by atoms with Crippen molar-refractivity contribution in [2.24, 2.45) is 27.2 Å². The smallest absolute Gasteiger partial charge is 0.254 e. The maximum Gasteiger partial charge on any atom is 0.254 e. The summed E-state index contributed by atoms with van der Waals surface area (Å²) in [5.74, 6) is -0.0361. The number of carbonyl (C=O) groups excluding carboxylic acids is 1. The fourth-order valence-corrected chi connectivity index (χ4v) is 2.37. The zero-order valence-electron chi connectivity index (χ0n) is 10.9. The number of hydrogen-bond donors (Lipinski definition) is 3. The van der Waals surface area contributed by atoms with E-state index >= 15 is 0 Å². The first-order chi connectivity index (χ1) is 9.54. The van der Waals surface area contributed by atoms with Gasteiger partial charge in [-0.05, 0) is 36.6 Å². The molecule has 0 atom stereocenters. The molecule has 1 aromatic rings. The molecular formula is C13H16N6O. The van der Waals surface area contributed by atoms with Crippen LogP contribution in [0.4, 0.5) is 5.69 Å². The van der Waals surface area contributed by atoms with Gasteiger partial charge in [0.15, 0.2) is 5.96 Å². The van der Waals surface area contributed by atoms with Gasteiger partial charge in [0, 0.05) is 18.2 Å². The van der Waals surface area contributed by atoms with Crippen LogP contribution in [-0.4, -0.2) is 28.8 Å². The molecule has 1 fully saturated rings. The van der Waals surface area contributed by atoms with E-state index in [0.29, 0.717) is 18.3 Å². The molecule has 1 aromatic carbocycles. The van der Waals surface area contributed by atoms with Crippen LogP contribution in [0.3, 0.4) is 0 Å². The van der Waals surface area contributed by atoms with Gasteiger partial charge in [-0.2, -0.15) is 4.99 Å². The van der Waals surface area contributed by atoms with E-state index in [1.165, 1.54) is 0 Å². The molecule has 0 saturated heterocycles. The topological polar surface area (TPSA) is 123 Å². The summed E-state index contributed by atoms with van der Waals surface area (Å²) in [4.78, 5) is 21.8. The van der Waals surface area contributed by atoms with Gasteiger partial charge < -0.3 is 22.1 Å². The predicted molar refractivity (Wildman–Crippen MR) is 76.4 cm³/mol. The van der Waals surface area contributed by atoms with E-state index in [1.807, 2.05) is 11.0 Å². The third-order valence-electron chi connectivity index (χ3n) is 3.40. The lowest BCUT2D eigenvalue weighted by atomic mass is 10.1. The molecule has 1 aliphatic carbocycles. The molecule has 0 radical (unpaired) electrons. The van der Waals surface area contributed by atoms with Gasteiger partial charge in [0.2, 0.25) is 5.96 Å². The molecule has 1 heterocycles. The van der Waals surface area contributed by atoms with Crippen LogP contribution in [-0.2, 0) is 6.54 Å². The molecule has 0 bridgehead atoms. The Morgan fingerprint density at radius 1 is 1.25 bits per heavy atom. The Hall–Kier alpha value is -2.57. The lowest BCUT2D eigenvalue weighted by molar-refractivity contribution is 0.0766. The monoisotopic (exact) mass is 272 g/mol. The first kappa shape index (κ1) is 12.5. The van der Waals surface area contributed by atoms with E-state index in [4.69, 9.17) is 17.2 Å². The van der Waals surface area contributed by atoms with Crippen LogP contribution >= 0.6 is 0 Å². The first-order valence-electron chi connectivity index (χ1n) is 6.42. The van der Waals surface area contributed by atoms with Crippen LogP contribution < -0.4 is 17.2 Å². The van der Waals surface area contributed by atoms with Gasteiger partial charge in [0.1, 0.15) is 0 Å². The maximum absolute atomic E-state index is 12.2. The Bertz CT molecular complexity index is 628. The van der Waals surface area contributed by atoms with Crippen LogP contribution in [0.5, 0.6) is 0 Å². The summed E-state index contributed by atoms with van der Waals surface area (Å²) in [6, 6.07) is 5.78. The number of aliphatic imine (C=N–C) groups is 2. The molecule has 7 heteroatoms. The van der Waals surface area contributed by atoms with Crippen molar-refractivity contribution in [1.29, 1.82) is 0 Å². The Kier molecular flexibility index (Phi) is 2.81. The minimum absolute atomic E-state index is 0.00618. The molecule has 1 amide bonds. The fourth-order valence-electron chi connectivity index (χ4n) is 2.37. The van der Waals surface area contributed by atoms with E-state index < -0.39 is 0 Å². The molecule has 7 nitrogen and oxygen atoms in total. The van der Waals surface area contributed by atoms with Gasteiger partial charge >= 0.3 is 0 Å². The largest absolute Gasteiger partial charge is 0.370 e. The highest BCUT2D eigenvalue weighted by Crippen LogP contribution is 2.35. The normalized spacial score (nSPS) is 18.1. The predicted octanol–water partition coefficient (Wildman–Crippen LogP) is 0.0244. The van der Waals surface area contributed by atoms with Crippen LogP contribution in [0.15, 0.2) is 28.2 Å². The van der Waals surface area contributed by atoms with Crippen molar-refractivity contribution in [3.05, 3.63) is 29.3 Å². The molecular weight excluding hydrogens is 256 g/mol. The molecule has 3 rings (SSSR count). The van der Waals surface area contributed by atoms with Gasteiger partial charge in [0.25, 0.3) is 5.91 Å². The van der Waals surface area contributed by atoms with E-state index in [2.05, 4.69) is 9.98 Å². The first-order valence-corrected chi connectivity index (χ1v) is 6.42. The summed E-state index contributed by atoms with van der Waals surface area (Å²) in [6.07, 6.45) is 2.20. The number of rotatable bonds is 2. The summed E-state index contributed by atoms with van der Waals surface area (Å²) in [5, 5.41) is 0. The van der Waals surface area contributed by atoms with Crippen LogP contribution in [0, 0.1) is 0 Å². The van der Waals surface area contributed by atoms with Crippen LogP contribution in [0.2, 0.25) is 0 Å². The van der Waals surface area contributed by atoms with Gasteiger partial charge in [-0.1, -0.05) is 0 Å². The Labute approximate surface area is 116 Å². The summed E-state index contributed by atoms with van der Waals surface area (Å²) < 4.78 is 0. The molecule has 0 aromatic heterocycles. The van der Waals surface area contributed by atoms with E-state index in [-0.39, 0.29) is 17.8 Å². The number of fused-ring (bicyclic) bond motifs is 1. The highest BCUT2D eigenvalue weighted by molar-refractivity contribution is 5.99. The zero-order chi connectivity index (χ0) is 14.3. The SMILES string of the molecule is NC(N)=NC(N)=Nc1ccc2c(c1)CN(C1CC1)C2=O. The average Bonchev–Trinajstić information content (AvgIpc) is 3.14. The minimum Gasteiger partial charge on any atom is -0.370 e. The zero-order valence-corrected chi connectivity index (χ0v) is 10.9. The Morgan fingerprint density at radius 2 is 2.00 bits per heavy atom. The van der Waals surface area contributed by atoms with Gasteiger partial charge in [-0.15, -0.1) is 0 Å². The van der Waals surface area contributed by atoms with Crippen LogP contribution in [0.25, 0.3) is 0 Å². The maximum atomic E-state index is 12.2. The van der Waals surface area contributed by atoms with Crippen LogP contribution in [0.1, 0.15) is 28.8 Å². The molecule has 1 saturated carbocycles. The van der Waals surface area contributed by atoms with Gasteiger partial charge in [-0.3, -0.25) is 4.79 Å². The minimum atomic E-state index is -0.137. The summed E-state index contributed by atoms with van der Waals surface area (Å²) in [7, 11) is 0. The van der Waals surface area contributed by atoms with E-state index in [0.717, 1.165) is 24.0 Å². The van der Waals surface area contributed by atoms with Crippen molar-refractivity contribution in [2.45, 2.75) is 25.4 Å². The summed E-state index contributed by atoms with van der Waals surface area (Å²) >= 11 is 0. The lowest BCUT2D eigenvalue weighted by Gasteiger charge is -2.13. The quantitative estimate of drug-likeness (QED) is 0.519. The molecule has 20 heavy (non-hydrogen) atoms. The van der Waals surface area contributed by atoms with Crippen molar-refractivity contribution in [2.75, 3.05) is 0 Å². The molecule has 6 N–H and O–H groups in total. The number of hydrogen-bond acceptors (Lipinski definition) is 2. The van der Waals surface area contributed by atoms with Crippen molar-refractivity contribution in [3.8, 4) is 0 Å². The highest BCUT2D eigenvalue weighted by atomic mass is 16.2. The number of carbonyl (C=O) groups is 1.